The molecule has 2 heterocycles. The fourth-order valence-electron chi connectivity index (χ4n) is 8.50. The van der Waals surface area contributed by atoms with Crippen molar-refractivity contribution in [2.45, 2.75) is 68.2 Å². The number of phenols is 1. The van der Waals surface area contributed by atoms with E-state index in [4.69, 9.17) is 4.74 Å². The summed E-state index contributed by atoms with van der Waals surface area (Å²) >= 11 is 0. The molecule has 1 amide bonds. The summed E-state index contributed by atoms with van der Waals surface area (Å²) in [6.45, 7) is 3.32. The Labute approximate surface area is 256 Å². The first-order valence-corrected chi connectivity index (χ1v) is 15.2. The molecule has 2 fully saturated rings. The quantitative estimate of drug-likeness (QED) is 0.262. The molecule has 9 nitrogen and oxygen atoms in total. The summed E-state index contributed by atoms with van der Waals surface area (Å²) in [5.41, 5.74) is 1.60. The van der Waals surface area contributed by atoms with Crippen LogP contribution in [0.3, 0.4) is 0 Å². The molecule has 226 valence electrons. The summed E-state index contributed by atoms with van der Waals surface area (Å²) in [6.07, 6.45) is 1.70. The van der Waals surface area contributed by atoms with Gasteiger partial charge in [0.05, 0.1) is 28.0 Å². The maximum absolute atomic E-state index is 13.4. The van der Waals surface area contributed by atoms with Crippen molar-refractivity contribution in [1.29, 1.82) is 0 Å². The van der Waals surface area contributed by atoms with Crippen LogP contribution in [0.5, 0.6) is 11.5 Å². The van der Waals surface area contributed by atoms with E-state index in [9.17, 15) is 25.1 Å². The molecule has 2 N–H and O–H groups in total. The van der Waals surface area contributed by atoms with E-state index in [2.05, 4.69) is 28.9 Å². The zero-order chi connectivity index (χ0) is 30.8. The van der Waals surface area contributed by atoms with Crippen LogP contribution in [-0.2, 0) is 23.1 Å². The molecule has 0 radical (unpaired) electrons. The Hall–Kier alpha value is -4.39. The molecule has 9 heteroatoms. The second-order valence-electron chi connectivity index (χ2n) is 12.7. The number of likely N-dealkylation sites (tertiary alicyclic amines) is 1. The molecular formula is C35H35N3O6. The van der Waals surface area contributed by atoms with Gasteiger partial charge in [0.15, 0.2) is 11.5 Å². The van der Waals surface area contributed by atoms with Crippen molar-refractivity contribution in [1.82, 2.24) is 9.80 Å². The fourth-order valence-corrected chi connectivity index (χ4v) is 8.50. The van der Waals surface area contributed by atoms with Gasteiger partial charge in [-0.15, -0.1) is 0 Å². The van der Waals surface area contributed by atoms with Crippen LogP contribution in [0.25, 0.3) is 0 Å². The van der Waals surface area contributed by atoms with E-state index in [1.54, 1.807) is 11.9 Å². The molecule has 7 rings (SSSR count). The maximum Gasteiger partial charge on any atom is 0.298 e. The topological polar surface area (TPSA) is 116 Å². The highest BCUT2D eigenvalue weighted by Crippen LogP contribution is 2.67. The summed E-state index contributed by atoms with van der Waals surface area (Å²) in [6, 6.07) is 18.1. The zero-order valence-electron chi connectivity index (χ0n) is 24.8. The summed E-state index contributed by atoms with van der Waals surface area (Å²) in [5, 5.41) is 36.1. The van der Waals surface area contributed by atoms with Gasteiger partial charge in [0, 0.05) is 42.2 Å². The highest BCUT2D eigenvalue weighted by atomic mass is 16.6. The third kappa shape index (κ3) is 4.12. The van der Waals surface area contributed by atoms with Gasteiger partial charge in [-0.1, -0.05) is 48.4 Å². The Morgan fingerprint density at radius 3 is 2.73 bits per heavy atom. The van der Waals surface area contributed by atoms with Crippen LogP contribution < -0.4 is 4.74 Å². The van der Waals surface area contributed by atoms with E-state index in [0.717, 1.165) is 17.5 Å². The number of likely N-dealkylation sites (N-methyl/N-ethyl adjacent to an activating group) is 1. The lowest BCUT2D eigenvalue weighted by atomic mass is 9.48. The van der Waals surface area contributed by atoms with E-state index in [-0.39, 0.29) is 35.6 Å². The normalized spacial score (nSPS) is 27.8. The highest BCUT2D eigenvalue weighted by Gasteiger charge is 2.74. The molecule has 2 aliphatic heterocycles. The average molecular weight is 594 g/mol. The van der Waals surface area contributed by atoms with Crippen LogP contribution in [0.2, 0.25) is 0 Å². The minimum Gasteiger partial charge on any atom is -0.504 e. The summed E-state index contributed by atoms with van der Waals surface area (Å²) < 4.78 is 6.54. The Bertz CT molecular complexity index is 1730. The molecule has 2 bridgehead atoms. The van der Waals surface area contributed by atoms with Crippen LogP contribution in [0.4, 0.5) is 5.69 Å². The first-order chi connectivity index (χ1) is 21.1. The lowest BCUT2D eigenvalue weighted by Crippen LogP contribution is -2.78. The monoisotopic (exact) mass is 593 g/mol. The Kier molecular flexibility index (Phi) is 6.68. The number of nitrogens with zero attached hydrogens (tertiary/aromatic N) is 3. The zero-order valence-corrected chi connectivity index (χ0v) is 24.8. The average Bonchev–Trinajstić information content (AvgIpc) is 3.36. The SMILES string of the molecule is Cc1cccc(C#CC(=O)N(C)[C@@H]2CC[C@@]3(O)[C@H]4Cc5c([N+](=O)[O-])cc(O)c6c5[C@@]3(CCN4CCc3ccccc3)[C@H]2O6)c1. The minimum atomic E-state index is -1.26. The molecule has 1 spiro atoms. The van der Waals surface area contributed by atoms with Gasteiger partial charge in [-0.05, 0) is 68.8 Å². The number of carbonyl (C=O) groups excluding carboxylic acids is 1. The largest absolute Gasteiger partial charge is 0.504 e. The van der Waals surface area contributed by atoms with Gasteiger partial charge in [0.1, 0.15) is 6.10 Å². The Morgan fingerprint density at radius 1 is 1.18 bits per heavy atom. The number of aryl methyl sites for hydroxylation is 1. The van der Waals surface area contributed by atoms with Crippen LogP contribution in [0.15, 0.2) is 60.7 Å². The standard InChI is InChI=1S/C35H35N3O6/c1-22-7-6-10-24(19-22)11-12-30(40)36(2)26-13-15-35(41)29-20-25-27(38(42)43)21-28(39)32-31(25)34(35,33(26)44-32)16-18-37(29)17-14-23-8-4-3-5-9-23/h3-10,19,21,26,29,33,39,41H,13-18,20H2,1-2H3/t26-,29-,33+,34+,35-/m1/s1. The van der Waals surface area contributed by atoms with Crippen molar-refractivity contribution in [3.8, 4) is 23.3 Å². The van der Waals surface area contributed by atoms with Gasteiger partial charge in [-0.2, -0.15) is 0 Å². The molecule has 44 heavy (non-hydrogen) atoms. The number of hydrogen-bond acceptors (Lipinski definition) is 7. The first kappa shape index (κ1) is 28.4. The van der Waals surface area contributed by atoms with E-state index >= 15 is 0 Å². The summed E-state index contributed by atoms with van der Waals surface area (Å²) in [4.78, 5) is 29.1. The highest BCUT2D eigenvalue weighted by molar-refractivity contribution is 5.94. The van der Waals surface area contributed by atoms with Crippen LogP contribution >= 0.6 is 0 Å². The first-order valence-electron chi connectivity index (χ1n) is 15.2. The number of nitro groups is 1. The minimum absolute atomic E-state index is 0.155. The van der Waals surface area contributed by atoms with Gasteiger partial charge >= 0.3 is 0 Å². The molecule has 5 atom stereocenters. The number of aliphatic hydroxyl groups is 1. The smallest absolute Gasteiger partial charge is 0.298 e. The van der Waals surface area contributed by atoms with Gasteiger partial charge in [-0.3, -0.25) is 19.8 Å². The van der Waals surface area contributed by atoms with E-state index in [1.807, 2.05) is 49.4 Å². The van der Waals surface area contributed by atoms with E-state index in [0.29, 0.717) is 43.5 Å². The second-order valence-corrected chi connectivity index (χ2v) is 12.7. The van der Waals surface area contributed by atoms with Crippen molar-refractivity contribution in [2.24, 2.45) is 0 Å². The summed E-state index contributed by atoms with van der Waals surface area (Å²) in [5.74, 6) is 5.26. The number of hydrogen-bond donors (Lipinski definition) is 2. The lowest BCUT2D eigenvalue weighted by molar-refractivity contribution is -0.386. The molecular weight excluding hydrogens is 558 g/mol. The molecule has 0 aromatic heterocycles. The van der Waals surface area contributed by atoms with Gasteiger partial charge in [0.2, 0.25) is 0 Å². The number of nitro benzene ring substituents is 1. The van der Waals surface area contributed by atoms with E-state index in [1.165, 1.54) is 11.6 Å². The lowest BCUT2D eigenvalue weighted by Gasteiger charge is -2.64. The number of carbonyl (C=O) groups is 1. The number of phenolic OH excluding ortho intramolecular Hbond substituents is 1. The predicted molar refractivity (Wildman–Crippen MR) is 163 cm³/mol. The van der Waals surface area contributed by atoms with Crippen molar-refractivity contribution in [3.63, 3.8) is 0 Å². The van der Waals surface area contributed by atoms with Crippen LogP contribution in [0.1, 0.15) is 47.1 Å². The van der Waals surface area contributed by atoms with Crippen molar-refractivity contribution in [3.05, 3.63) is 98.6 Å². The van der Waals surface area contributed by atoms with Gasteiger partial charge < -0.3 is 19.8 Å². The summed E-state index contributed by atoms with van der Waals surface area (Å²) in [7, 11) is 1.70. The number of ether oxygens (including phenoxy) is 1. The molecule has 4 aliphatic rings. The van der Waals surface area contributed by atoms with Crippen LogP contribution in [0, 0.1) is 28.9 Å². The molecule has 0 unspecified atom stereocenters. The van der Waals surface area contributed by atoms with Crippen molar-refractivity contribution in [2.75, 3.05) is 20.1 Å². The molecule has 3 aromatic carbocycles. The van der Waals surface area contributed by atoms with Gasteiger partial charge in [0.25, 0.3) is 11.6 Å². The van der Waals surface area contributed by atoms with Crippen molar-refractivity contribution >= 4 is 11.6 Å². The Morgan fingerprint density at radius 2 is 1.98 bits per heavy atom. The third-order valence-electron chi connectivity index (χ3n) is 10.5. The van der Waals surface area contributed by atoms with Gasteiger partial charge in [-0.25, -0.2) is 0 Å². The maximum atomic E-state index is 13.4. The molecule has 3 aromatic rings. The fraction of sp³-hybridized carbons (Fsp3) is 0.400. The number of rotatable bonds is 5. The second kappa shape index (κ2) is 10.4. The Balaban J connectivity index is 1.28. The molecule has 2 aliphatic carbocycles. The van der Waals surface area contributed by atoms with Crippen LogP contribution in [-0.4, -0.2) is 74.8 Å². The van der Waals surface area contributed by atoms with Crippen molar-refractivity contribution < 1.29 is 24.7 Å². The van der Waals surface area contributed by atoms with E-state index < -0.39 is 28.1 Å². The number of amides is 1. The number of benzene rings is 3. The predicted octanol–water partition coefficient (Wildman–Crippen LogP) is 3.88. The number of aromatic hydroxyl groups is 1. The molecule has 1 saturated carbocycles. The molecule has 1 saturated heterocycles. The third-order valence-corrected chi connectivity index (χ3v) is 10.5. The number of piperidine rings is 1.